The third-order valence-electron chi connectivity index (χ3n) is 21.8. The van der Waals surface area contributed by atoms with E-state index in [9.17, 15) is 96.7 Å². The quantitative estimate of drug-likeness (QED) is 0.0113. The fourth-order valence-electron chi connectivity index (χ4n) is 15.5. The van der Waals surface area contributed by atoms with Crippen molar-refractivity contribution in [2.75, 3.05) is 62.6 Å². The van der Waals surface area contributed by atoms with E-state index in [0.717, 1.165) is 40.4 Å². The molecule has 0 amide bonds. The van der Waals surface area contributed by atoms with Crippen LogP contribution in [0.5, 0.6) is 0 Å². The summed E-state index contributed by atoms with van der Waals surface area (Å²) in [4.78, 5) is 179. The maximum atomic E-state index is 14.5. The number of nitrogens with zero attached hydrogens (tertiary/aromatic N) is 20. The molecule has 16 heterocycles. The number of ether oxygens (including phenoxy) is 6. The van der Waals surface area contributed by atoms with Crippen LogP contribution in [-0.2, 0) is 103 Å². The molecule has 6 saturated heterocycles. The van der Waals surface area contributed by atoms with Gasteiger partial charge in [-0.05, 0) is 13.0 Å². The second-order valence-corrected chi connectivity index (χ2v) is 37.4. The molecule has 11 aromatic rings. The van der Waals surface area contributed by atoms with Crippen LogP contribution in [0.15, 0.2) is 105 Å². The lowest BCUT2D eigenvalue weighted by Crippen LogP contribution is -2.38. The van der Waals surface area contributed by atoms with Crippen molar-refractivity contribution in [2.24, 2.45) is 0 Å². The molecule has 132 heavy (non-hydrogen) atoms. The van der Waals surface area contributed by atoms with E-state index in [-0.39, 0.29) is 104 Å². The number of aliphatic hydroxyl groups excluding tert-OH is 3. The summed E-state index contributed by atoms with van der Waals surface area (Å²) in [6.45, 7) is -5.28. The zero-order valence-electron chi connectivity index (χ0n) is 67.5. The number of nitro benzene ring substituents is 1. The van der Waals surface area contributed by atoms with Crippen LogP contribution in [-0.4, -0.2) is 266 Å². The molecule has 5 unspecified atom stereocenters. The Kier molecular flexibility index (Phi) is 26.1. The maximum Gasteiger partial charge on any atom is 0.472 e. The van der Waals surface area contributed by atoms with E-state index >= 15 is 0 Å². The van der Waals surface area contributed by atoms with Gasteiger partial charge in [-0.25, -0.2) is 77.0 Å². The van der Waals surface area contributed by atoms with Crippen molar-refractivity contribution in [1.29, 1.82) is 0 Å². The summed E-state index contributed by atoms with van der Waals surface area (Å²) >= 11 is 0. The maximum absolute atomic E-state index is 14.5. The molecule has 0 radical (unpaired) electrons. The summed E-state index contributed by atoms with van der Waals surface area (Å²) < 4.78 is 170. The summed E-state index contributed by atoms with van der Waals surface area (Å²) in [5.41, 5.74) is 18.6. The molecule has 0 bridgehead atoms. The molecular formula is C65H77N26O36P5. The molecular weight excluding hydrogens is 1880 g/mol. The highest BCUT2D eigenvalue weighted by atomic mass is 31.2. The van der Waals surface area contributed by atoms with Crippen molar-refractivity contribution in [1.82, 2.24) is 102 Å². The molecule has 10 aromatic heterocycles. The van der Waals surface area contributed by atoms with Gasteiger partial charge < -0.3 is 91.1 Å². The molecule has 6 aliphatic heterocycles. The summed E-state index contributed by atoms with van der Waals surface area (Å²) in [5.74, 6) is -0.786. The van der Waals surface area contributed by atoms with Gasteiger partial charge in [0.05, 0.1) is 88.1 Å². The van der Waals surface area contributed by atoms with E-state index < -0.39 is 248 Å². The first-order chi connectivity index (χ1) is 62.7. The fraction of sp³-hybridized carbons (Fsp3) is 0.492. The smallest absolute Gasteiger partial charge is 0.394 e. The number of aliphatic hydroxyl groups is 3. The highest BCUT2D eigenvalue weighted by molar-refractivity contribution is 7.48. The summed E-state index contributed by atoms with van der Waals surface area (Å²) in [5, 5.41) is 53.2. The van der Waals surface area contributed by atoms with Gasteiger partial charge in [0.15, 0.2) is 51.5 Å². The van der Waals surface area contributed by atoms with E-state index in [4.69, 9.17) is 96.6 Å². The van der Waals surface area contributed by atoms with Gasteiger partial charge in [0.2, 0.25) is 5.95 Å². The third kappa shape index (κ3) is 19.7. The average molecular weight is 1950 g/mol. The molecule has 62 nitrogen and oxygen atoms in total. The largest absolute Gasteiger partial charge is 0.472 e. The molecule has 18 N–H and O–H groups in total. The Balaban J connectivity index is 0.573. The van der Waals surface area contributed by atoms with Gasteiger partial charge in [-0.3, -0.25) is 107 Å². The van der Waals surface area contributed by atoms with E-state index in [2.05, 4.69) is 70.1 Å². The average Bonchev–Trinajstić information content (AvgIpc) is 1.63. The Morgan fingerprint density at radius 3 is 1.49 bits per heavy atom. The lowest BCUT2D eigenvalue weighted by atomic mass is 10.1. The summed E-state index contributed by atoms with van der Waals surface area (Å²) in [7, 11) is -27.9. The Morgan fingerprint density at radius 2 is 0.962 bits per heavy atom. The second-order valence-electron chi connectivity index (χ2n) is 30.3. The summed E-state index contributed by atoms with van der Waals surface area (Å²) in [6.07, 6.45) is -24.2. The fourth-order valence-corrected chi connectivity index (χ4v) is 20.3. The van der Waals surface area contributed by atoms with E-state index in [1.165, 1.54) is 74.8 Å². The minimum atomic E-state index is -5.83. The van der Waals surface area contributed by atoms with Crippen LogP contribution in [0.4, 0.5) is 29.1 Å². The van der Waals surface area contributed by atoms with Crippen molar-refractivity contribution in [3.05, 3.63) is 154 Å². The number of hydrogen-bond donors (Lipinski definition) is 14. The van der Waals surface area contributed by atoms with Crippen LogP contribution in [0.1, 0.15) is 80.6 Å². The molecule has 24 atom stereocenters. The molecule has 1 aromatic carbocycles. The predicted octanol–water partition coefficient (Wildman–Crippen LogP) is -2.24. The highest BCUT2D eigenvalue weighted by Crippen LogP contribution is 2.57. The molecule has 6 fully saturated rings. The monoisotopic (exact) mass is 1950 g/mol. The van der Waals surface area contributed by atoms with Crippen LogP contribution in [0.3, 0.4) is 0 Å². The number of imidazole rings is 4. The van der Waals surface area contributed by atoms with Crippen molar-refractivity contribution in [3.8, 4) is 0 Å². The second kappa shape index (κ2) is 36.9. The zero-order valence-corrected chi connectivity index (χ0v) is 71.9. The first-order valence-corrected chi connectivity index (χ1v) is 46.7. The topological polar surface area (TPSA) is 848 Å². The SMILES string of the molecule is Cc1cn([C@H]2C[C@H](OP(=O)(O)OC[C@H]3O[C@@H](n4ccc(N)nc4=O)[C@H](O)[C@@H]3OP(=O)(O)OC[C@H]3O[C@@H](n4cnc5c(N)ncnc54)C[C@@H]3OP(=O)(O)OC[C@H]3O[C@@H](n4cnc5c(N)ncnc54)C[C@@H]3OP(=O)(O)OC[C@H]3O[C@@H](n4cnc5c(=O)n(Cc6ccccc6[N+](=O)[O-])nnc54)C[C@@H]3O)[C@@H](COP(=O)(O)O[C@H]3C[C@H](n4cnc5c(=O)[nH]c(N)nc54)O[C@@H]3CO)O2)c(=O)[nH]c1=O. The minimum absolute atomic E-state index is 0.0227. The number of fused-ring (bicyclic) bond motifs is 4. The highest BCUT2D eigenvalue weighted by Gasteiger charge is 2.54. The van der Waals surface area contributed by atoms with Crippen LogP contribution in [0.2, 0.25) is 0 Å². The zero-order chi connectivity index (χ0) is 93.5. The van der Waals surface area contributed by atoms with Gasteiger partial charge in [-0.2, -0.15) is 9.97 Å². The van der Waals surface area contributed by atoms with Gasteiger partial charge in [0, 0.05) is 56.1 Å². The van der Waals surface area contributed by atoms with Crippen LogP contribution in [0, 0.1) is 17.0 Å². The number of H-pyrrole nitrogens is 2. The van der Waals surface area contributed by atoms with Crippen molar-refractivity contribution >= 4 is 113 Å². The number of aryl methyl sites for hydroxylation is 1. The first-order valence-electron chi connectivity index (χ1n) is 39.2. The van der Waals surface area contributed by atoms with Crippen molar-refractivity contribution in [3.63, 3.8) is 0 Å². The number of hydrogen-bond acceptors (Lipinski definition) is 47. The van der Waals surface area contributed by atoms with Crippen molar-refractivity contribution in [2.45, 2.75) is 162 Å². The Labute approximate surface area is 732 Å². The first kappa shape index (κ1) is 93.1. The Bertz CT molecular complexity index is 6820. The number of benzene rings is 1. The lowest BCUT2D eigenvalue weighted by molar-refractivity contribution is -0.385. The van der Waals surface area contributed by atoms with E-state index in [1.54, 1.807) is 0 Å². The molecule has 0 saturated carbocycles. The van der Waals surface area contributed by atoms with Crippen LogP contribution < -0.4 is 51.0 Å². The number of nitrogens with two attached hydrogens (primary N) is 4. The number of para-hydroxylation sites is 1. The standard InChI is InChI=1S/C65H77N26O36P5/c1-27-13-85(65(99)81-59(27)95)43-10-32(37(119-43)17-113-129(104,105)123-31-9-46(117-35(31)15-92)88-25-76-49-57(88)79-63(69)80-60(49)96)124-131(108,109)116-20-40-52(51(94)62(122-40)84-7-6-41(66)78-64(84)98)127-132(110,111)115-19-39-34(12-45(121-39)87-24-75-48-54(68)71-22-73-56(48)87)126-130(106,107)114-18-38-33(11-44(120-38)86-23-74-47-53(67)70-21-72-55(47)86)125-128(102,103)112-16-36-30(93)8-42(118-36)89-26-77-50-58(89)82-83-90(61(50)97)14-28-4-2-3-5-29(28)91(100)101/h2-7,13,21-26,30-40,42-46,51-52,62,92-94H,8-12,14-20H2,1H3,(H,102,103)(H,104,105)(H,106,107)(H,108,109)(H,110,111)(H2,66,78,98)(H2,67,70,72)(H2,68,71,73)(H,81,95,99)(H3,69,79,80,96)/t30-,31-,32-,33-,34-,35+,36+,37+,38+,39+,40+,42+,43+,44+,45+,46+,51+,52+,62+/m0/s1. The molecule has 708 valence electrons. The minimum Gasteiger partial charge on any atom is -0.394 e. The number of phosphoric ester groups is 5. The number of phosphoric acid groups is 5. The number of nitrogens with one attached hydrogen (secondary N) is 2. The number of nitro groups is 1. The number of aromatic amines is 2. The van der Waals surface area contributed by atoms with Gasteiger partial charge in [0.1, 0.15) is 134 Å². The van der Waals surface area contributed by atoms with Gasteiger partial charge in [0.25, 0.3) is 22.4 Å². The van der Waals surface area contributed by atoms with Crippen LogP contribution in [0.25, 0.3) is 44.7 Å². The Hall–Kier alpha value is -10.7. The van der Waals surface area contributed by atoms with Crippen LogP contribution >= 0.6 is 39.1 Å². The number of aromatic nitrogens is 21. The third-order valence-corrected chi connectivity index (χ3v) is 26.8. The molecule has 67 heteroatoms. The Morgan fingerprint density at radius 1 is 0.508 bits per heavy atom. The molecule has 0 spiro atoms. The number of rotatable bonds is 35. The van der Waals surface area contributed by atoms with Gasteiger partial charge in [-0.15, -0.1) is 5.10 Å². The van der Waals surface area contributed by atoms with Crippen molar-refractivity contribution < 1.29 is 141 Å². The predicted molar refractivity (Wildman–Crippen MR) is 432 cm³/mol. The van der Waals surface area contributed by atoms with E-state index in [1.807, 2.05) is 0 Å². The van der Waals surface area contributed by atoms with Gasteiger partial charge >= 0.3 is 50.5 Å². The molecule has 17 rings (SSSR count). The summed E-state index contributed by atoms with van der Waals surface area (Å²) in [6, 6.07) is 6.75. The number of anilines is 4. The lowest BCUT2D eigenvalue weighted by Gasteiger charge is -2.26. The molecule has 6 aliphatic rings. The van der Waals surface area contributed by atoms with Gasteiger partial charge in [-0.1, -0.05) is 23.4 Å². The molecule has 0 aliphatic carbocycles. The normalized spacial score (nSPS) is 28.6. The number of nitrogen functional groups attached to an aromatic ring is 4. The van der Waals surface area contributed by atoms with E-state index in [0.29, 0.717) is 4.57 Å².